The van der Waals surface area contributed by atoms with Gasteiger partial charge in [-0.15, -0.1) is 0 Å². The molecule has 0 aromatic heterocycles. The highest BCUT2D eigenvalue weighted by Crippen LogP contribution is 2.24. The van der Waals surface area contributed by atoms with Gasteiger partial charge in [-0.2, -0.15) is 0 Å². The summed E-state index contributed by atoms with van der Waals surface area (Å²) in [6.07, 6.45) is 4.54. The molecule has 3 rings (SSSR count). The molecule has 0 fully saturated rings. The molecular weight excluding hydrogens is 288 g/mol. The number of aryl methyl sites for hydroxylation is 2. The van der Waals surface area contributed by atoms with Crippen molar-refractivity contribution in [1.82, 2.24) is 0 Å². The van der Waals surface area contributed by atoms with E-state index in [4.69, 9.17) is 0 Å². The third-order valence-corrected chi connectivity index (χ3v) is 4.45. The van der Waals surface area contributed by atoms with E-state index in [0.29, 0.717) is 0 Å². The molecule has 2 aromatic rings. The lowest BCUT2D eigenvalue weighted by atomic mass is 9.91. The minimum absolute atomic E-state index is 1.05. The molecule has 0 N–H and O–H groups in total. The Balaban J connectivity index is 1.93. The van der Waals surface area contributed by atoms with E-state index >= 15 is 0 Å². The summed E-state index contributed by atoms with van der Waals surface area (Å²) in [5.74, 6) is 13.5. The Hall–Kier alpha value is -2.70. The van der Waals surface area contributed by atoms with Gasteiger partial charge in [0, 0.05) is 22.3 Å². The Labute approximate surface area is 145 Å². The highest BCUT2D eigenvalue weighted by Gasteiger charge is 2.09. The van der Waals surface area contributed by atoms with Gasteiger partial charge in [-0.25, -0.2) is 0 Å². The fraction of sp³-hybridized carbons (Fsp3) is 0.250. The van der Waals surface area contributed by atoms with Crippen molar-refractivity contribution in [3.8, 4) is 23.7 Å². The molecule has 0 spiro atoms. The molecular formula is C24H22. The van der Waals surface area contributed by atoms with Gasteiger partial charge < -0.3 is 0 Å². The number of hydrogen-bond donors (Lipinski definition) is 0. The zero-order chi connectivity index (χ0) is 16.8. The van der Waals surface area contributed by atoms with Crippen LogP contribution < -0.4 is 0 Å². The van der Waals surface area contributed by atoms with E-state index in [1.54, 1.807) is 0 Å². The second-order valence-electron chi connectivity index (χ2n) is 6.29. The summed E-state index contributed by atoms with van der Waals surface area (Å²) in [6.45, 7) is 4.22. The molecule has 1 aliphatic rings. The Kier molecular flexibility index (Phi) is 5.20. The van der Waals surface area contributed by atoms with E-state index in [1.807, 2.05) is 12.1 Å². The van der Waals surface area contributed by atoms with Crippen molar-refractivity contribution in [2.24, 2.45) is 0 Å². The van der Waals surface area contributed by atoms with E-state index in [-0.39, 0.29) is 0 Å². The van der Waals surface area contributed by atoms with Gasteiger partial charge in [0.25, 0.3) is 0 Å². The van der Waals surface area contributed by atoms with E-state index in [0.717, 1.165) is 24.0 Å². The molecule has 0 unspecified atom stereocenters. The molecule has 0 nitrogen and oxygen atoms in total. The van der Waals surface area contributed by atoms with Crippen molar-refractivity contribution in [3.05, 3.63) is 81.9 Å². The average molecular weight is 310 g/mol. The predicted octanol–water partition coefficient (Wildman–Crippen LogP) is 5.58. The second kappa shape index (κ2) is 7.72. The van der Waals surface area contributed by atoms with Crippen LogP contribution >= 0.6 is 0 Å². The molecule has 0 saturated heterocycles. The Morgan fingerprint density at radius 2 is 1.00 bits per heavy atom. The first-order valence-electron chi connectivity index (χ1n) is 8.61. The van der Waals surface area contributed by atoms with Crippen LogP contribution in [-0.4, -0.2) is 0 Å². The standard InChI is InChI=1S/C24H22/c1-19-9-3-5-11-21(19)15-17-23-13-7-8-14-24(23)18-16-22-12-6-4-10-20(22)2/h3-6,9-12H,7-8,13-14H2,1-2H3. The molecule has 0 atom stereocenters. The topological polar surface area (TPSA) is 0 Å². The summed E-state index contributed by atoms with van der Waals surface area (Å²) in [5, 5.41) is 0. The van der Waals surface area contributed by atoms with Crippen LogP contribution in [0.4, 0.5) is 0 Å². The zero-order valence-electron chi connectivity index (χ0n) is 14.4. The highest BCUT2D eigenvalue weighted by molar-refractivity contribution is 5.52. The number of hydrogen-bond acceptors (Lipinski definition) is 0. The van der Waals surface area contributed by atoms with Crippen molar-refractivity contribution in [3.63, 3.8) is 0 Å². The summed E-state index contributed by atoms with van der Waals surface area (Å²) in [5.41, 5.74) is 7.14. The van der Waals surface area contributed by atoms with Crippen LogP contribution in [0.2, 0.25) is 0 Å². The quantitative estimate of drug-likeness (QED) is 0.557. The molecule has 1 aliphatic carbocycles. The van der Waals surface area contributed by atoms with Crippen LogP contribution in [0.25, 0.3) is 0 Å². The van der Waals surface area contributed by atoms with Crippen molar-refractivity contribution in [1.29, 1.82) is 0 Å². The van der Waals surface area contributed by atoms with Gasteiger partial charge in [-0.05, 0) is 62.8 Å². The SMILES string of the molecule is Cc1ccccc1C#CC1=C(C#Cc2ccccc2C)CCCC1. The minimum atomic E-state index is 1.05. The molecule has 0 saturated carbocycles. The van der Waals surface area contributed by atoms with Crippen LogP contribution in [0.1, 0.15) is 47.9 Å². The van der Waals surface area contributed by atoms with E-state index in [1.165, 1.54) is 35.1 Å². The van der Waals surface area contributed by atoms with E-state index in [2.05, 4.69) is 73.9 Å². The fourth-order valence-corrected chi connectivity index (χ4v) is 2.89. The molecule has 0 amide bonds. The van der Waals surface area contributed by atoms with Crippen molar-refractivity contribution in [2.45, 2.75) is 39.5 Å². The lowest BCUT2D eigenvalue weighted by Gasteiger charge is -2.12. The maximum Gasteiger partial charge on any atom is 0.0278 e. The summed E-state index contributed by atoms with van der Waals surface area (Å²) in [7, 11) is 0. The molecule has 2 aromatic carbocycles. The average Bonchev–Trinajstić information content (AvgIpc) is 2.61. The van der Waals surface area contributed by atoms with Gasteiger partial charge in [-0.3, -0.25) is 0 Å². The largest absolute Gasteiger partial charge is 0.0651 e. The van der Waals surface area contributed by atoms with Crippen LogP contribution in [0.15, 0.2) is 59.7 Å². The maximum atomic E-state index is 3.41. The lowest BCUT2D eigenvalue weighted by Crippen LogP contribution is -1.97. The van der Waals surface area contributed by atoms with Gasteiger partial charge in [0.1, 0.15) is 0 Å². The normalized spacial score (nSPS) is 13.6. The van der Waals surface area contributed by atoms with Gasteiger partial charge >= 0.3 is 0 Å². The minimum Gasteiger partial charge on any atom is -0.0651 e. The predicted molar refractivity (Wildman–Crippen MR) is 102 cm³/mol. The zero-order valence-corrected chi connectivity index (χ0v) is 14.4. The van der Waals surface area contributed by atoms with Gasteiger partial charge in [0.2, 0.25) is 0 Å². The first-order valence-corrected chi connectivity index (χ1v) is 8.61. The summed E-state index contributed by atoms with van der Waals surface area (Å²) in [4.78, 5) is 0. The molecule has 118 valence electrons. The van der Waals surface area contributed by atoms with E-state index in [9.17, 15) is 0 Å². The highest BCUT2D eigenvalue weighted by atomic mass is 14.1. The molecule has 0 heteroatoms. The molecule has 24 heavy (non-hydrogen) atoms. The monoisotopic (exact) mass is 310 g/mol. The Bertz CT molecular complexity index is 813. The van der Waals surface area contributed by atoms with E-state index < -0.39 is 0 Å². The second-order valence-corrected chi connectivity index (χ2v) is 6.29. The summed E-state index contributed by atoms with van der Waals surface area (Å²) < 4.78 is 0. The van der Waals surface area contributed by atoms with Gasteiger partial charge in [-0.1, -0.05) is 60.1 Å². The Morgan fingerprint density at radius 3 is 1.42 bits per heavy atom. The van der Waals surface area contributed by atoms with Crippen molar-refractivity contribution < 1.29 is 0 Å². The summed E-state index contributed by atoms with van der Waals surface area (Å²) >= 11 is 0. The van der Waals surface area contributed by atoms with Gasteiger partial charge in [0.15, 0.2) is 0 Å². The molecule has 0 radical (unpaired) electrons. The first-order chi connectivity index (χ1) is 11.7. The van der Waals surface area contributed by atoms with Crippen LogP contribution in [-0.2, 0) is 0 Å². The maximum absolute atomic E-state index is 3.41. The van der Waals surface area contributed by atoms with Crippen LogP contribution in [0.5, 0.6) is 0 Å². The summed E-state index contributed by atoms with van der Waals surface area (Å²) in [6, 6.07) is 16.6. The number of allylic oxidation sites excluding steroid dienone is 2. The molecule has 0 bridgehead atoms. The number of rotatable bonds is 0. The fourth-order valence-electron chi connectivity index (χ4n) is 2.89. The van der Waals surface area contributed by atoms with Crippen molar-refractivity contribution >= 4 is 0 Å². The smallest absolute Gasteiger partial charge is 0.0278 e. The van der Waals surface area contributed by atoms with Crippen LogP contribution in [0.3, 0.4) is 0 Å². The third-order valence-electron chi connectivity index (χ3n) is 4.45. The van der Waals surface area contributed by atoms with Crippen LogP contribution in [0, 0.1) is 37.5 Å². The molecule has 0 heterocycles. The lowest BCUT2D eigenvalue weighted by molar-refractivity contribution is 0.700. The third kappa shape index (κ3) is 3.98. The first kappa shape index (κ1) is 16.2. The van der Waals surface area contributed by atoms with Gasteiger partial charge in [0.05, 0.1) is 0 Å². The molecule has 0 aliphatic heterocycles. The Morgan fingerprint density at radius 1 is 0.583 bits per heavy atom. The number of benzene rings is 2. The van der Waals surface area contributed by atoms with Crippen molar-refractivity contribution in [2.75, 3.05) is 0 Å².